The molecule has 0 unspecified atom stereocenters. The highest BCUT2D eigenvalue weighted by molar-refractivity contribution is 9.10. The van der Waals surface area contributed by atoms with E-state index >= 15 is 0 Å². The van der Waals surface area contributed by atoms with E-state index in [0.717, 1.165) is 47.8 Å². The summed E-state index contributed by atoms with van der Waals surface area (Å²) in [5.41, 5.74) is 8.02. The van der Waals surface area contributed by atoms with Crippen molar-refractivity contribution < 1.29 is 0 Å². The van der Waals surface area contributed by atoms with E-state index in [0.29, 0.717) is 0 Å². The van der Waals surface area contributed by atoms with E-state index < -0.39 is 0 Å². The lowest BCUT2D eigenvalue weighted by atomic mass is 10.2. The van der Waals surface area contributed by atoms with E-state index in [1.807, 2.05) is 30.5 Å². The Labute approximate surface area is 127 Å². The number of nitrogens with two attached hydrogens (primary N) is 1. The molecule has 1 aromatic carbocycles. The van der Waals surface area contributed by atoms with E-state index in [9.17, 15) is 0 Å². The van der Waals surface area contributed by atoms with Gasteiger partial charge in [0.15, 0.2) is 0 Å². The maximum atomic E-state index is 6.08. The van der Waals surface area contributed by atoms with Crippen LogP contribution < -0.4 is 15.5 Å². The van der Waals surface area contributed by atoms with Gasteiger partial charge in [-0.1, -0.05) is 22.0 Å². The van der Waals surface area contributed by atoms with Crippen LogP contribution in [0.4, 0.5) is 17.2 Å². The lowest BCUT2D eigenvalue weighted by Crippen LogP contribution is -2.47. The highest BCUT2D eigenvalue weighted by Crippen LogP contribution is 2.28. The Morgan fingerprint density at radius 3 is 2.45 bits per heavy atom. The molecule has 1 fully saturated rings. The molecular formula is C15H17BrN4. The molecule has 1 aliphatic heterocycles. The molecule has 5 heteroatoms. The van der Waals surface area contributed by atoms with Gasteiger partial charge >= 0.3 is 0 Å². The zero-order chi connectivity index (χ0) is 13.9. The number of pyridine rings is 1. The van der Waals surface area contributed by atoms with E-state index in [4.69, 9.17) is 5.73 Å². The molecule has 0 bridgehead atoms. The third kappa shape index (κ3) is 2.72. The molecular weight excluding hydrogens is 316 g/mol. The second-order valence-corrected chi connectivity index (χ2v) is 5.78. The number of nitrogens with zero attached hydrogens (tertiary/aromatic N) is 3. The number of rotatable bonds is 2. The highest BCUT2D eigenvalue weighted by atomic mass is 79.9. The number of piperazine rings is 1. The van der Waals surface area contributed by atoms with Gasteiger partial charge in [0.2, 0.25) is 0 Å². The Kier molecular flexibility index (Phi) is 3.78. The van der Waals surface area contributed by atoms with Crippen LogP contribution in [-0.2, 0) is 0 Å². The van der Waals surface area contributed by atoms with Crippen LogP contribution in [0.3, 0.4) is 0 Å². The molecule has 20 heavy (non-hydrogen) atoms. The average Bonchev–Trinajstić information content (AvgIpc) is 2.51. The summed E-state index contributed by atoms with van der Waals surface area (Å²) in [6.45, 7) is 3.83. The van der Waals surface area contributed by atoms with Crippen LogP contribution in [0.5, 0.6) is 0 Å². The summed E-state index contributed by atoms with van der Waals surface area (Å²) in [5.74, 6) is 1.05. The van der Waals surface area contributed by atoms with Crippen molar-refractivity contribution in [2.45, 2.75) is 0 Å². The number of halogens is 1. The molecule has 0 spiro atoms. The summed E-state index contributed by atoms with van der Waals surface area (Å²) < 4.78 is 1.06. The molecule has 0 aliphatic carbocycles. The summed E-state index contributed by atoms with van der Waals surface area (Å²) in [6, 6.07) is 12.0. The first-order valence-corrected chi connectivity index (χ1v) is 7.49. The molecule has 104 valence electrons. The fourth-order valence-electron chi connectivity index (χ4n) is 2.51. The summed E-state index contributed by atoms with van der Waals surface area (Å²) in [7, 11) is 0. The fraction of sp³-hybridized carbons (Fsp3) is 0.267. The third-order valence-corrected chi connectivity index (χ3v) is 4.08. The molecule has 2 heterocycles. The molecule has 1 aromatic heterocycles. The predicted molar refractivity (Wildman–Crippen MR) is 87.2 cm³/mol. The van der Waals surface area contributed by atoms with Crippen LogP contribution in [0.2, 0.25) is 0 Å². The number of anilines is 3. The molecule has 1 saturated heterocycles. The Hall–Kier alpha value is -1.75. The SMILES string of the molecule is Nc1ccc(Br)cc1N1CCN(c2ccccn2)CC1. The fourth-order valence-corrected chi connectivity index (χ4v) is 2.86. The number of benzene rings is 1. The maximum absolute atomic E-state index is 6.08. The summed E-state index contributed by atoms with van der Waals surface area (Å²) in [4.78, 5) is 9.05. The van der Waals surface area contributed by atoms with Crippen molar-refractivity contribution in [1.82, 2.24) is 4.98 Å². The quantitative estimate of drug-likeness (QED) is 0.859. The Morgan fingerprint density at radius 1 is 1.00 bits per heavy atom. The van der Waals surface area contributed by atoms with Crippen LogP contribution in [-0.4, -0.2) is 31.2 Å². The minimum Gasteiger partial charge on any atom is -0.397 e. The molecule has 4 nitrogen and oxygen atoms in total. The first kappa shape index (κ1) is 13.2. The van der Waals surface area contributed by atoms with Crippen LogP contribution >= 0.6 is 15.9 Å². The minimum absolute atomic E-state index is 0.833. The Bertz CT molecular complexity index is 580. The average molecular weight is 333 g/mol. The summed E-state index contributed by atoms with van der Waals surface area (Å²) >= 11 is 3.51. The number of hydrogen-bond acceptors (Lipinski definition) is 4. The minimum atomic E-state index is 0.833. The lowest BCUT2D eigenvalue weighted by Gasteiger charge is -2.37. The van der Waals surface area contributed by atoms with Crippen molar-refractivity contribution in [2.24, 2.45) is 0 Å². The second-order valence-electron chi connectivity index (χ2n) is 4.87. The number of nitrogen functional groups attached to an aromatic ring is 1. The number of hydrogen-bond donors (Lipinski definition) is 1. The van der Waals surface area contributed by atoms with Crippen molar-refractivity contribution in [3.8, 4) is 0 Å². The van der Waals surface area contributed by atoms with Gasteiger partial charge in [-0.15, -0.1) is 0 Å². The Balaban J connectivity index is 1.71. The van der Waals surface area contributed by atoms with Crippen molar-refractivity contribution in [3.05, 3.63) is 47.1 Å². The van der Waals surface area contributed by atoms with Crippen molar-refractivity contribution in [1.29, 1.82) is 0 Å². The van der Waals surface area contributed by atoms with Crippen molar-refractivity contribution in [2.75, 3.05) is 41.7 Å². The van der Waals surface area contributed by atoms with E-state index in [1.165, 1.54) is 0 Å². The predicted octanol–water partition coefficient (Wildman–Crippen LogP) is 2.75. The van der Waals surface area contributed by atoms with E-state index in [1.54, 1.807) is 0 Å². The van der Waals surface area contributed by atoms with Crippen LogP contribution in [0, 0.1) is 0 Å². The van der Waals surface area contributed by atoms with Crippen molar-refractivity contribution in [3.63, 3.8) is 0 Å². The second kappa shape index (κ2) is 5.71. The number of aromatic nitrogens is 1. The maximum Gasteiger partial charge on any atom is 0.128 e. The van der Waals surface area contributed by atoms with Crippen molar-refractivity contribution >= 4 is 33.1 Å². The van der Waals surface area contributed by atoms with Gasteiger partial charge in [-0.05, 0) is 30.3 Å². The standard InChI is InChI=1S/C15H17BrN4/c16-12-4-5-13(17)14(11-12)19-7-9-20(10-8-19)15-3-1-2-6-18-15/h1-6,11H,7-10,17H2. The van der Waals surface area contributed by atoms with Crippen LogP contribution in [0.25, 0.3) is 0 Å². The smallest absolute Gasteiger partial charge is 0.128 e. The molecule has 0 radical (unpaired) electrons. The van der Waals surface area contributed by atoms with Crippen LogP contribution in [0.15, 0.2) is 47.1 Å². The van der Waals surface area contributed by atoms with Gasteiger partial charge in [-0.3, -0.25) is 0 Å². The molecule has 1 aliphatic rings. The topological polar surface area (TPSA) is 45.4 Å². The first-order chi connectivity index (χ1) is 9.74. The zero-order valence-corrected chi connectivity index (χ0v) is 12.8. The molecule has 2 aromatic rings. The van der Waals surface area contributed by atoms with Gasteiger partial charge in [0, 0.05) is 36.8 Å². The highest BCUT2D eigenvalue weighted by Gasteiger charge is 2.19. The van der Waals surface area contributed by atoms with E-state index in [2.05, 4.69) is 42.8 Å². The Morgan fingerprint density at radius 2 is 1.75 bits per heavy atom. The van der Waals surface area contributed by atoms with Gasteiger partial charge in [-0.25, -0.2) is 4.98 Å². The molecule has 2 N–H and O–H groups in total. The van der Waals surface area contributed by atoms with Gasteiger partial charge in [0.1, 0.15) is 5.82 Å². The van der Waals surface area contributed by atoms with Gasteiger partial charge in [-0.2, -0.15) is 0 Å². The first-order valence-electron chi connectivity index (χ1n) is 6.70. The summed E-state index contributed by atoms with van der Waals surface area (Å²) in [5, 5.41) is 0. The third-order valence-electron chi connectivity index (χ3n) is 3.59. The van der Waals surface area contributed by atoms with Gasteiger partial charge < -0.3 is 15.5 Å². The van der Waals surface area contributed by atoms with E-state index in [-0.39, 0.29) is 0 Å². The molecule has 0 saturated carbocycles. The normalized spacial score (nSPS) is 15.4. The monoisotopic (exact) mass is 332 g/mol. The zero-order valence-electron chi connectivity index (χ0n) is 11.2. The molecule has 0 atom stereocenters. The van der Waals surface area contributed by atoms with Gasteiger partial charge in [0.25, 0.3) is 0 Å². The molecule has 0 amide bonds. The molecule has 3 rings (SSSR count). The van der Waals surface area contributed by atoms with Gasteiger partial charge in [0.05, 0.1) is 11.4 Å². The lowest BCUT2D eigenvalue weighted by molar-refractivity contribution is 0.648. The van der Waals surface area contributed by atoms with Crippen LogP contribution in [0.1, 0.15) is 0 Å². The summed E-state index contributed by atoms with van der Waals surface area (Å²) in [6.07, 6.45) is 1.84. The largest absolute Gasteiger partial charge is 0.397 e.